The molecule has 1 atom stereocenters. The van der Waals surface area contributed by atoms with Crippen molar-refractivity contribution in [2.45, 2.75) is 52.0 Å². The lowest BCUT2D eigenvalue weighted by Crippen LogP contribution is -2.36. The van der Waals surface area contributed by atoms with Crippen molar-refractivity contribution in [3.63, 3.8) is 0 Å². The minimum absolute atomic E-state index is 0.188. The molecule has 1 aliphatic heterocycles. The fourth-order valence-electron chi connectivity index (χ4n) is 4.98. The van der Waals surface area contributed by atoms with Crippen LogP contribution in [0.25, 0.3) is 21.6 Å². The minimum atomic E-state index is 0.188. The molecule has 0 spiro atoms. The number of likely N-dealkylation sites (tertiary alicyclic amines) is 1. The van der Waals surface area contributed by atoms with Gasteiger partial charge in [-0.3, -0.25) is 9.36 Å². The van der Waals surface area contributed by atoms with Crippen LogP contribution in [0, 0.1) is 12.8 Å². The van der Waals surface area contributed by atoms with Crippen molar-refractivity contribution < 1.29 is 0 Å². The Hall–Kier alpha value is -1.98. The Kier molecular flexibility index (Phi) is 4.83. The molecule has 152 valence electrons. The molecule has 0 N–H and O–H groups in total. The molecule has 0 saturated carbocycles. The number of benzene rings is 1. The fraction of sp³-hybridized carbons (Fsp3) is 0.500. The van der Waals surface area contributed by atoms with Crippen LogP contribution in [0.5, 0.6) is 0 Å². The summed E-state index contributed by atoms with van der Waals surface area (Å²) in [5.41, 5.74) is 3.74. The average molecular weight is 408 g/mol. The van der Waals surface area contributed by atoms with Gasteiger partial charge in [0.15, 0.2) is 0 Å². The third kappa shape index (κ3) is 3.34. The summed E-state index contributed by atoms with van der Waals surface area (Å²) in [4.78, 5) is 23.7. The second-order valence-corrected chi connectivity index (χ2v) is 10.1. The number of hydrogen-bond acceptors (Lipinski definition) is 4. The van der Waals surface area contributed by atoms with Crippen LogP contribution in [0.1, 0.15) is 48.2 Å². The van der Waals surface area contributed by atoms with Crippen LogP contribution in [-0.2, 0) is 12.8 Å². The van der Waals surface area contributed by atoms with Gasteiger partial charge in [-0.25, -0.2) is 4.98 Å². The Balaban J connectivity index is 1.75. The predicted octanol–water partition coefficient (Wildman–Crippen LogP) is 4.82. The summed E-state index contributed by atoms with van der Waals surface area (Å²) < 4.78 is 2.05. The monoisotopic (exact) mass is 407 g/mol. The maximum absolute atomic E-state index is 13.9. The van der Waals surface area contributed by atoms with Gasteiger partial charge in [-0.05, 0) is 76.7 Å². The van der Waals surface area contributed by atoms with Crippen molar-refractivity contribution in [3.05, 3.63) is 50.6 Å². The molecule has 5 heteroatoms. The number of aromatic nitrogens is 2. The van der Waals surface area contributed by atoms with Gasteiger partial charge in [0.1, 0.15) is 10.7 Å². The lowest BCUT2D eigenvalue weighted by Gasteiger charge is -2.31. The molecule has 3 aromatic rings. The van der Waals surface area contributed by atoms with Gasteiger partial charge in [0.2, 0.25) is 0 Å². The van der Waals surface area contributed by atoms with Crippen LogP contribution in [0.15, 0.2) is 29.1 Å². The first kappa shape index (κ1) is 19.0. The summed E-state index contributed by atoms with van der Waals surface area (Å²) >= 11 is 1.75. The number of fused-ring (bicyclic) bond motifs is 3. The van der Waals surface area contributed by atoms with E-state index in [4.69, 9.17) is 4.98 Å². The zero-order valence-corrected chi connectivity index (χ0v) is 18.4. The van der Waals surface area contributed by atoms with Crippen LogP contribution in [0.2, 0.25) is 0 Å². The second kappa shape index (κ2) is 7.37. The van der Waals surface area contributed by atoms with Gasteiger partial charge in [-0.1, -0.05) is 30.7 Å². The average Bonchev–Trinajstić information content (AvgIpc) is 3.06. The molecule has 2 aliphatic rings. The van der Waals surface area contributed by atoms with E-state index in [-0.39, 0.29) is 11.6 Å². The first-order chi connectivity index (χ1) is 14.0. The third-order valence-corrected chi connectivity index (χ3v) is 7.84. The maximum atomic E-state index is 13.9. The molecule has 1 aliphatic carbocycles. The number of thiophene rings is 1. The maximum Gasteiger partial charge on any atom is 0.263 e. The van der Waals surface area contributed by atoms with Crippen molar-refractivity contribution in [3.8, 4) is 11.4 Å². The van der Waals surface area contributed by atoms with Crippen LogP contribution >= 0.6 is 11.3 Å². The van der Waals surface area contributed by atoms with E-state index in [1.807, 2.05) is 0 Å². The summed E-state index contributed by atoms with van der Waals surface area (Å²) in [6.45, 7) is 6.48. The quantitative estimate of drug-likeness (QED) is 0.611. The Morgan fingerprint density at radius 1 is 1.17 bits per heavy atom. The molecule has 1 saturated heterocycles. The van der Waals surface area contributed by atoms with Crippen molar-refractivity contribution in [1.29, 1.82) is 0 Å². The summed E-state index contributed by atoms with van der Waals surface area (Å²) in [6, 6.07) is 8.66. The highest BCUT2D eigenvalue weighted by atomic mass is 32.1. The molecule has 5 rings (SSSR count). The van der Waals surface area contributed by atoms with E-state index >= 15 is 0 Å². The topological polar surface area (TPSA) is 38.1 Å². The summed E-state index contributed by atoms with van der Waals surface area (Å²) in [5.74, 6) is 1.55. The summed E-state index contributed by atoms with van der Waals surface area (Å²) in [5, 5.41) is 0.909. The van der Waals surface area contributed by atoms with E-state index in [1.54, 1.807) is 11.3 Å². The molecule has 29 heavy (non-hydrogen) atoms. The van der Waals surface area contributed by atoms with E-state index in [0.29, 0.717) is 5.92 Å². The van der Waals surface area contributed by atoms with Gasteiger partial charge < -0.3 is 4.90 Å². The predicted molar refractivity (Wildman–Crippen MR) is 121 cm³/mol. The Labute approximate surface area is 176 Å². The summed E-state index contributed by atoms with van der Waals surface area (Å²) in [6.07, 6.45) is 5.29. The number of aryl methyl sites for hydroxylation is 2. The number of hydrogen-bond donors (Lipinski definition) is 0. The lowest BCUT2D eigenvalue weighted by molar-refractivity contribution is 0.219. The van der Waals surface area contributed by atoms with Gasteiger partial charge in [0.05, 0.1) is 5.39 Å². The van der Waals surface area contributed by atoms with Crippen molar-refractivity contribution in [2.75, 3.05) is 20.1 Å². The van der Waals surface area contributed by atoms with Crippen LogP contribution in [-0.4, -0.2) is 34.6 Å². The zero-order chi connectivity index (χ0) is 20.1. The molecular formula is C24H29N3OS. The number of piperidine rings is 1. The Morgan fingerprint density at radius 3 is 2.72 bits per heavy atom. The molecule has 1 aromatic carbocycles. The third-order valence-electron chi connectivity index (χ3n) is 6.69. The second-order valence-electron chi connectivity index (χ2n) is 9.05. The molecule has 0 amide bonds. The highest BCUT2D eigenvalue weighted by Gasteiger charge is 2.28. The number of rotatable bonds is 2. The standard InChI is InChI=1S/C24H29N3OS/c1-15-5-4-6-17(13-15)22-25-23-21(19-8-7-16(2)14-20(19)29-23)24(28)27(22)18-9-11-26(3)12-10-18/h4-6,13,16,18H,7-12,14H2,1-3H3. The number of nitrogens with zero attached hydrogens (tertiary/aromatic N) is 3. The molecule has 1 fully saturated rings. The van der Waals surface area contributed by atoms with E-state index in [2.05, 4.69) is 54.6 Å². The molecule has 4 nitrogen and oxygen atoms in total. The first-order valence-electron chi connectivity index (χ1n) is 10.8. The smallest absolute Gasteiger partial charge is 0.263 e. The molecule has 0 bridgehead atoms. The molecule has 2 aromatic heterocycles. The zero-order valence-electron chi connectivity index (χ0n) is 17.6. The van der Waals surface area contributed by atoms with Gasteiger partial charge >= 0.3 is 0 Å². The molecule has 1 unspecified atom stereocenters. The van der Waals surface area contributed by atoms with Gasteiger partial charge in [-0.15, -0.1) is 11.3 Å². The van der Waals surface area contributed by atoms with E-state index in [1.165, 1.54) is 22.4 Å². The first-order valence-corrected chi connectivity index (χ1v) is 11.6. The SMILES string of the molecule is Cc1cccc(-c2nc3sc4c(c3c(=O)n2C2CCN(C)CC2)CCC(C)C4)c1. The van der Waals surface area contributed by atoms with Crippen LogP contribution < -0.4 is 5.56 Å². The van der Waals surface area contributed by atoms with Gasteiger partial charge in [-0.2, -0.15) is 0 Å². The van der Waals surface area contributed by atoms with Gasteiger partial charge in [0, 0.05) is 16.5 Å². The van der Waals surface area contributed by atoms with E-state index < -0.39 is 0 Å². The molecular weight excluding hydrogens is 378 g/mol. The highest BCUT2D eigenvalue weighted by molar-refractivity contribution is 7.18. The Morgan fingerprint density at radius 2 is 1.97 bits per heavy atom. The Bertz CT molecular complexity index is 1120. The minimum Gasteiger partial charge on any atom is -0.306 e. The van der Waals surface area contributed by atoms with Crippen molar-refractivity contribution >= 4 is 21.6 Å². The lowest BCUT2D eigenvalue weighted by atomic mass is 9.89. The van der Waals surface area contributed by atoms with E-state index in [0.717, 1.165) is 60.4 Å². The van der Waals surface area contributed by atoms with Gasteiger partial charge in [0.25, 0.3) is 5.56 Å². The largest absolute Gasteiger partial charge is 0.306 e. The van der Waals surface area contributed by atoms with Crippen molar-refractivity contribution in [2.24, 2.45) is 5.92 Å². The normalized spacial score (nSPS) is 20.9. The van der Waals surface area contributed by atoms with E-state index in [9.17, 15) is 4.79 Å². The molecule has 3 heterocycles. The van der Waals surface area contributed by atoms with Crippen LogP contribution in [0.4, 0.5) is 0 Å². The fourth-order valence-corrected chi connectivity index (χ4v) is 6.36. The molecule has 0 radical (unpaired) electrons. The highest BCUT2D eigenvalue weighted by Crippen LogP contribution is 2.37. The van der Waals surface area contributed by atoms with Crippen molar-refractivity contribution in [1.82, 2.24) is 14.5 Å². The summed E-state index contributed by atoms with van der Waals surface area (Å²) in [7, 11) is 2.17. The van der Waals surface area contributed by atoms with Crippen LogP contribution in [0.3, 0.4) is 0 Å².